The SMILES string of the molecule is COc1ccc(-c2nc(C(=O)OCC(=O)N[C@H](C)c3cccs3)cs2)cc1. The lowest BCUT2D eigenvalue weighted by molar-refractivity contribution is -0.124. The first kappa shape index (κ1) is 19.1. The number of nitrogens with zero attached hydrogens (tertiary/aromatic N) is 1. The van der Waals surface area contributed by atoms with Crippen LogP contribution < -0.4 is 10.1 Å². The van der Waals surface area contributed by atoms with Gasteiger partial charge in [0, 0.05) is 15.8 Å². The molecule has 1 atom stereocenters. The first-order chi connectivity index (χ1) is 13.1. The normalized spacial score (nSPS) is 11.6. The minimum Gasteiger partial charge on any atom is -0.497 e. The van der Waals surface area contributed by atoms with E-state index in [0.717, 1.165) is 16.2 Å². The fraction of sp³-hybridized carbons (Fsp3) is 0.211. The lowest BCUT2D eigenvalue weighted by Crippen LogP contribution is -2.30. The predicted molar refractivity (Wildman–Crippen MR) is 105 cm³/mol. The Morgan fingerprint density at radius 1 is 1.19 bits per heavy atom. The summed E-state index contributed by atoms with van der Waals surface area (Å²) in [4.78, 5) is 29.4. The molecule has 0 unspecified atom stereocenters. The molecule has 0 saturated carbocycles. The Balaban J connectivity index is 1.53. The van der Waals surface area contributed by atoms with Crippen LogP contribution in [0.5, 0.6) is 5.75 Å². The molecule has 6 nitrogen and oxygen atoms in total. The van der Waals surface area contributed by atoms with Gasteiger partial charge in [0.2, 0.25) is 0 Å². The molecule has 1 amide bonds. The van der Waals surface area contributed by atoms with E-state index < -0.39 is 5.97 Å². The number of carbonyl (C=O) groups excluding carboxylic acids is 2. The van der Waals surface area contributed by atoms with Gasteiger partial charge in [-0.1, -0.05) is 6.07 Å². The third kappa shape index (κ3) is 4.93. The predicted octanol–water partition coefficient (Wildman–Crippen LogP) is 3.91. The van der Waals surface area contributed by atoms with Gasteiger partial charge in [0.15, 0.2) is 12.3 Å². The minimum atomic E-state index is -0.620. The number of thiophene rings is 1. The third-order valence-corrected chi connectivity index (χ3v) is 5.68. The summed E-state index contributed by atoms with van der Waals surface area (Å²) in [7, 11) is 1.60. The molecule has 0 bridgehead atoms. The van der Waals surface area contributed by atoms with Gasteiger partial charge in [-0.15, -0.1) is 22.7 Å². The highest BCUT2D eigenvalue weighted by Gasteiger charge is 2.16. The first-order valence-corrected chi connectivity index (χ1v) is 9.92. The Bertz CT molecular complexity index is 904. The quantitative estimate of drug-likeness (QED) is 0.606. The number of hydrogen-bond acceptors (Lipinski definition) is 7. The Morgan fingerprint density at radius 2 is 1.96 bits per heavy atom. The molecule has 3 rings (SSSR count). The van der Waals surface area contributed by atoms with E-state index in [1.54, 1.807) is 23.8 Å². The van der Waals surface area contributed by atoms with Crippen molar-refractivity contribution in [1.29, 1.82) is 0 Å². The van der Waals surface area contributed by atoms with Gasteiger partial charge >= 0.3 is 5.97 Å². The van der Waals surface area contributed by atoms with E-state index in [4.69, 9.17) is 9.47 Å². The number of rotatable bonds is 7. The second kappa shape index (κ2) is 8.79. The van der Waals surface area contributed by atoms with Gasteiger partial charge in [0.05, 0.1) is 13.2 Å². The van der Waals surface area contributed by atoms with Crippen LogP contribution in [0.4, 0.5) is 0 Å². The van der Waals surface area contributed by atoms with E-state index in [2.05, 4.69) is 10.3 Å². The second-order valence-corrected chi connectivity index (χ2v) is 7.48. The topological polar surface area (TPSA) is 77.5 Å². The van der Waals surface area contributed by atoms with Crippen molar-refractivity contribution in [3.05, 3.63) is 57.7 Å². The zero-order chi connectivity index (χ0) is 19.2. The van der Waals surface area contributed by atoms with Crippen molar-refractivity contribution in [3.8, 4) is 16.3 Å². The number of esters is 1. The van der Waals surface area contributed by atoms with Crippen molar-refractivity contribution in [2.45, 2.75) is 13.0 Å². The summed E-state index contributed by atoms with van der Waals surface area (Å²) in [6, 6.07) is 11.1. The van der Waals surface area contributed by atoms with Crippen LogP contribution in [-0.2, 0) is 9.53 Å². The van der Waals surface area contributed by atoms with Crippen molar-refractivity contribution < 1.29 is 19.1 Å². The van der Waals surface area contributed by atoms with Gasteiger partial charge in [0.25, 0.3) is 5.91 Å². The van der Waals surface area contributed by atoms with Crippen molar-refractivity contribution in [1.82, 2.24) is 10.3 Å². The fourth-order valence-corrected chi connectivity index (χ4v) is 3.86. The van der Waals surface area contributed by atoms with Gasteiger partial charge in [-0.05, 0) is 42.6 Å². The van der Waals surface area contributed by atoms with Gasteiger partial charge in [-0.2, -0.15) is 0 Å². The lowest BCUT2D eigenvalue weighted by atomic mass is 10.2. The van der Waals surface area contributed by atoms with Crippen LogP contribution in [0.25, 0.3) is 10.6 Å². The molecule has 2 aromatic heterocycles. The molecular formula is C19H18N2O4S2. The molecule has 0 aliphatic heterocycles. The van der Waals surface area contributed by atoms with Crippen LogP contribution in [0, 0.1) is 0 Å². The molecule has 0 radical (unpaired) electrons. The Kier molecular flexibility index (Phi) is 6.20. The van der Waals surface area contributed by atoms with E-state index in [9.17, 15) is 9.59 Å². The Morgan fingerprint density at radius 3 is 2.63 bits per heavy atom. The Hall–Kier alpha value is -2.71. The van der Waals surface area contributed by atoms with Gasteiger partial charge in [0.1, 0.15) is 10.8 Å². The lowest BCUT2D eigenvalue weighted by Gasteiger charge is -2.11. The summed E-state index contributed by atoms with van der Waals surface area (Å²) in [5.41, 5.74) is 1.06. The van der Waals surface area contributed by atoms with Crippen molar-refractivity contribution in [2.75, 3.05) is 13.7 Å². The molecule has 2 heterocycles. The van der Waals surface area contributed by atoms with E-state index in [0.29, 0.717) is 5.01 Å². The molecule has 0 aliphatic carbocycles. The summed E-state index contributed by atoms with van der Waals surface area (Å²) in [5, 5.41) is 7.05. The summed E-state index contributed by atoms with van der Waals surface area (Å²) >= 11 is 2.89. The molecule has 8 heteroatoms. The van der Waals surface area contributed by atoms with E-state index in [-0.39, 0.29) is 24.2 Å². The zero-order valence-electron chi connectivity index (χ0n) is 14.8. The first-order valence-electron chi connectivity index (χ1n) is 8.16. The largest absolute Gasteiger partial charge is 0.497 e. The summed E-state index contributed by atoms with van der Waals surface area (Å²) in [6.45, 7) is 1.54. The molecule has 140 valence electrons. The van der Waals surface area contributed by atoms with Gasteiger partial charge < -0.3 is 14.8 Å². The number of thiazole rings is 1. The average molecular weight is 402 g/mol. The number of aromatic nitrogens is 1. The number of hydrogen-bond donors (Lipinski definition) is 1. The number of amides is 1. The van der Waals surface area contributed by atoms with Crippen LogP contribution >= 0.6 is 22.7 Å². The second-order valence-electron chi connectivity index (χ2n) is 5.65. The zero-order valence-corrected chi connectivity index (χ0v) is 16.4. The maximum absolute atomic E-state index is 12.1. The number of ether oxygens (including phenoxy) is 2. The molecule has 1 N–H and O–H groups in total. The van der Waals surface area contributed by atoms with Crippen LogP contribution in [0.15, 0.2) is 47.2 Å². The third-order valence-electron chi connectivity index (χ3n) is 3.73. The van der Waals surface area contributed by atoms with Crippen molar-refractivity contribution in [2.24, 2.45) is 0 Å². The van der Waals surface area contributed by atoms with Crippen molar-refractivity contribution >= 4 is 34.6 Å². The smallest absolute Gasteiger partial charge is 0.358 e. The van der Waals surface area contributed by atoms with E-state index in [1.165, 1.54) is 11.3 Å². The Labute approximate surface area is 164 Å². The van der Waals surface area contributed by atoms with Crippen LogP contribution in [-0.4, -0.2) is 30.6 Å². The summed E-state index contributed by atoms with van der Waals surface area (Å²) < 4.78 is 10.2. The summed E-state index contributed by atoms with van der Waals surface area (Å²) in [5.74, 6) is -0.225. The molecule has 0 fully saturated rings. The molecule has 27 heavy (non-hydrogen) atoms. The van der Waals surface area contributed by atoms with Crippen LogP contribution in [0.2, 0.25) is 0 Å². The molecule has 0 spiro atoms. The van der Waals surface area contributed by atoms with E-state index >= 15 is 0 Å². The highest BCUT2D eigenvalue weighted by molar-refractivity contribution is 7.13. The van der Waals surface area contributed by atoms with Gasteiger partial charge in [-0.25, -0.2) is 9.78 Å². The molecular weight excluding hydrogens is 384 g/mol. The van der Waals surface area contributed by atoms with Gasteiger partial charge in [-0.3, -0.25) is 4.79 Å². The molecule has 1 aromatic carbocycles. The summed E-state index contributed by atoms with van der Waals surface area (Å²) in [6.07, 6.45) is 0. The van der Waals surface area contributed by atoms with E-state index in [1.807, 2.05) is 48.7 Å². The monoisotopic (exact) mass is 402 g/mol. The fourth-order valence-electron chi connectivity index (χ4n) is 2.33. The average Bonchev–Trinajstić information content (AvgIpc) is 3.38. The standard InChI is InChI=1S/C19H18N2O4S2/c1-12(16-4-3-9-26-16)20-17(22)10-25-19(23)15-11-27-18(21-15)13-5-7-14(24-2)8-6-13/h3-9,11-12H,10H2,1-2H3,(H,20,22)/t12-/m1/s1. The number of carbonyl (C=O) groups is 2. The molecule has 0 aliphatic rings. The number of nitrogens with one attached hydrogen (secondary N) is 1. The maximum atomic E-state index is 12.1. The van der Waals surface area contributed by atoms with Crippen molar-refractivity contribution in [3.63, 3.8) is 0 Å². The van der Waals surface area contributed by atoms with Crippen LogP contribution in [0.1, 0.15) is 28.3 Å². The minimum absolute atomic E-state index is 0.128. The maximum Gasteiger partial charge on any atom is 0.358 e. The van der Waals surface area contributed by atoms with Crippen LogP contribution in [0.3, 0.4) is 0 Å². The highest BCUT2D eigenvalue weighted by atomic mass is 32.1. The molecule has 3 aromatic rings. The number of benzene rings is 1. The molecule has 0 saturated heterocycles. The number of methoxy groups -OCH3 is 1. The highest BCUT2D eigenvalue weighted by Crippen LogP contribution is 2.26.